The van der Waals surface area contributed by atoms with E-state index in [1.165, 1.54) is 0 Å². The van der Waals surface area contributed by atoms with Crippen LogP contribution in [0.1, 0.15) is 26.2 Å². The highest BCUT2D eigenvalue weighted by molar-refractivity contribution is 8.00. The highest BCUT2D eigenvalue weighted by Gasteiger charge is 2.50. The van der Waals surface area contributed by atoms with Crippen molar-refractivity contribution in [1.82, 2.24) is 4.90 Å². The predicted molar refractivity (Wildman–Crippen MR) is 70.8 cm³/mol. The van der Waals surface area contributed by atoms with E-state index in [1.54, 1.807) is 16.7 Å². The average Bonchev–Trinajstić information content (AvgIpc) is 2.97. The molecule has 1 aliphatic carbocycles. The zero-order valence-corrected chi connectivity index (χ0v) is 11.8. The number of thioether (sulfide) groups is 1. The van der Waals surface area contributed by atoms with Crippen molar-refractivity contribution in [3.8, 4) is 0 Å². The molecule has 6 heteroatoms. The van der Waals surface area contributed by atoms with E-state index in [2.05, 4.69) is 0 Å². The Morgan fingerprint density at radius 3 is 2.58 bits per heavy atom. The van der Waals surface area contributed by atoms with Gasteiger partial charge in [0.2, 0.25) is 0 Å². The molecule has 3 fully saturated rings. The summed E-state index contributed by atoms with van der Waals surface area (Å²) < 4.78 is 5.52. The normalized spacial score (nSPS) is 38.7. The molecule has 0 aromatic carbocycles. The number of amides is 1. The van der Waals surface area contributed by atoms with Crippen LogP contribution >= 0.6 is 11.8 Å². The minimum absolute atomic E-state index is 0.0463. The second-order valence-electron chi connectivity index (χ2n) is 5.72. The quantitative estimate of drug-likeness (QED) is 0.843. The summed E-state index contributed by atoms with van der Waals surface area (Å²) >= 11 is 1.61. The summed E-state index contributed by atoms with van der Waals surface area (Å²) in [5.41, 5.74) is 0. The molecule has 2 saturated heterocycles. The van der Waals surface area contributed by atoms with Gasteiger partial charge < -0.3 is 14.7 Å². The third kappa shape index (κ3) is 2.36. The van der Waals surface area contributed by atoms with E-state index < -0.39 is 18.1 Å². The molecule has 2 heterocycles. The maximum atomic E-state index is 12.6. The Labute approximate surface area is 116 Å². The fraction of sp³-hybridized carbons (Fsp3) is 0.846. The first kappa shape index (κ1) is 13.2. The van der Waals surface area contributed by atoms with Crippen LogP contribution < -0.4 is 0 Å². The molecule has 3 rings (SSSR count). The van der Waals surface area contributed by atoms with Crippen LogP contribution in [0.15, 0.2) is 0 Å². The lowest BCUT2D eigenvalue weighted by Gasteiger charge is -2.30. The molecule has 0 aromatic heterocycles. The molecule has 2 aliphatic heterocycles. The molecule has 1 amide bonds. The molecule has 3 aliphatic rings. The Morgan fingerprint density at radius 2 is 2.05 bits per heavy atom. The first-order chi connectivity index (χ1) is 9.09. The van der Waals surface area contributed by atoms with Gasteiger partial charge in [-0.05, 0) is 31.1 Å². The highest BCUT2D eigenvalue weighted by Crippen LogP contribution is 2.46. The third-order valence-corrected chi connectivity index (χ3v) is 5.69. The van der Waals surface area contributed by atoms with Crippen molar-refractivity contribution >= 4 is 23.6 Å². The van der Waals surface area contributed by atoms with Gasteiger partial charge in [-0.2, -0.15) is 0 Å². The first-order valence-corrected chi connectivity index (χ1v) is 7.92. The summed E-state index contributed by atoms with van der Waals surface area (Å²) in [6.07, 6.45) is 2.65. The predicted octanol–water partition coefficient (Wildman–Crippen LogP) is 1.18. The Balaban J connectivity index is 1.80. The van der Waals surface area contributed by atoms with E-state index in [0.717, 1.165) is 19.3 Å². The molecule has 1 N–H and O–H groups in total. The number of aliphatic carboxylic acids is 1. The maximum Gasteiger partial charge on any atom is 0.327 e. The average molecular weight is 285 g/mol. The van der Waals surface area contributed by atoms with Gasteiger partial charge in [0.15, 0.2) is 0 Å². The van der Waals surface area contributed by atoms with Crippen molar-refractivity contribution in [1.29, 1.82) is 0 Å². The van der Waals surface area contributed by atoms with Gasteiger partial charge in [-0.3, -0.25) is 4.79 Å². The van der Waals surface area contributed by atoms with Crippen LogP contribution in [0.2, 0.25) is 0 Å². The van der Waals surface area contributed by atoms with E-state index in [0.29, 0.717) is 18.3 Å². The zero-order valence-electron chi connectivity index (χ0n) is 10.9. The fourth-order valence-electron chi connectivity index (χ4n) is 2.90. The van der Waals surface area contributed by atoms with E-state index >= 15 is 0 Å². The van der Waals surface area contributed by atoms with Gasteiger partial charge in [0.1, 0.15) is 12.1 Å². The number of nitrogens with zero attached hydrogens (tertiary/aromatic N) is 1. The zero-order chi connectivity index (χ0) is 13.6. The van der Waals surface area contributed by atoms with Crippen LogP contribution in [-0.4, -0.2) is 51.8 Å². The smallest absolute Gasteiger partial charge is 0.327 e. The molecule has 5 nitrogen and oxygen atoms in total. The number of hydrogen-bond donors (Lipinski definition) is 1. The molecule has 4 atom stereocenters. The van der Waals surface area contributed by atoms with Crippen LogP contribution in [0.5, 0.6) is 0 Å². The molecule has 0 aromatic rings. The second kappa shape index (κ2) is 4.98. The third-order valence-electron chi connectivity index (χ3n) is 4.23. The highest BCUT2D eigenvalue weighted by atomic mass is 32.2. The number of carboxylic acids is 1. The van der Waals surface area contributed by atoms with E-state index in [-0.39, 0.29) is 17.2 Å². The summed E-state index contributed by atoms with van der Waals surface area (Å²) in [7, 11) is 0. The van der Waals surface area contributed by atoms with Gasteiger partial charge in [-0.25, -0.2) is 4.79 Å². The Bertz CT molecular complexity index is 398. The van der Waals surface area contributed by atoms with Crippen LogP contribution in [-0.2, 0) is 14.3 Å². The van der Waals surface area contributed by atoms with Gasteiger partial charge in [-0.15, -0.1) is 11.8 Å². The summed E-state index contributed by atoms with van der Waals surface area (Å²) in [6.45, 7) is 2.60. The Hall–Kier alpha value is -0.750. The van der Waals surface area contributed by atoms with Gasteiger partial charge in [0.05, 0.1) is 5.37 Å². The molecule has 0 spiro atoms. The van der Waals surface area contributed by atoms with Crippen LogP contribution in [0.3, 0.4) is 0 Å². The lowest BCUT2D eigenvalue weighted by atomic mass is 10.0. The molecular formula is C13H19NO4S. The topological polar surface area (TPSA) is 66.8 Å². The van der Waals surface area contributed by atoms with Gasteiger partial charge in [-0.1, -0.05) is 6.92 Å². The SMILES string of the molecule is CC1CCOC1C(=O)N1C(C(=O)O)CSC1C1CC1. The van der Waals surface area contributed by atoms with Crippen molar-refractivity contribution in [2.75, 3.05) is 12.4 Å². The number of carbonyl (C=O) groups excluding carboxylic acids is 1. The number of ether oxygens (including phenoxy) is 1. The van der Waals surface area contributed by atoms with Crippen molar-refractivity contribution in [3.63, 3.8) is 0 Å². The van der Waals surface area contributed by atoms with Crippen LogP contribution in [0.25, 0.3) is 0 Å². The monoisotopic (exact) mass is 285 g/mol. The van der Waals surface area contributed by atoms with Gasteiger partial charge >= 0.3 is 5.97 Å². The largest absolute Gasteiger partial charge is 0.480 e. The molecule has 4 unspecified atom stereocenters. The molecule has 106 valence electrons. The molecule has 0 bridgehead atoms. The van der Waals surface area contributed by atoms with E-state index in [9.17, 15) is 14.7 Å². The van der Waals surface area contributed by atoms with Crippen LogP contribution in [0.4, 0.5) is 0 Å². The van der Waals surface area contributed by atoms with Crippen molar-refractivity contribution in [2.24, 2.45) is 11.8 Å². The molecule has 0 radical (unpaired) electrons. The van der Waals surface area contributed by atoms with Gasteiger partial charge in [0.25, 0.3) is 5.91 Å². The lowest BCUT2D eigenvalue weighted by molar-refractivity contribution is -0.154. The molecular weight excluding hydrogens is 266 g/mol. The van der Waals surface area contributed by atoms with E-state index in [1.807, 2.05) is 6.92 Å². The number of carboxylic acid groups (broad SMARTS) is 1. The second-order valence-corrected chi connectivity index (χ2v) is 6.87. The summed E-state index contributed by atoms with van der Waals surface area (Å²) in [5.74, 6) is 0.167. The fourth-order valence-corrected chi connectivity index (χ4v) is 4.54. The number of hydrogen-bond acceptors (Lipinski definition) is 4. The van der Waals surface area contributed by atoms with E-state index in [4.69, 9.17) is 4.74 Å². The molecule has 19 heavy (non-hydrogen) atoms. The van der Waals surface area contributed by atoms with Crippen molar-refractivity contribution in [2.45, 2.75) is 43.7 Å². The Morgan fingerprint density at radius 1 is 1.32 bits per heavy atom. The summed E-state index contributed by atoms with van der Waals surface area (Å²) in [5, 5.41) is 9.36. The summed E-state index contributed by atoms with van der Waals surface area (Å²) in [6, 6.07) is -0.681. The summed E-state index contributed by atoms with van der Waals surface area (Å²) in [4.78, 5) is 25.6. The maximum absolute atomic E-state index is 12.6. The lowest BCUT2D eigenvalue weighted by Crippen LogP contribution is -2.51. The minimum Gasteiger partial charge on any atom is -0.480 e. The minimum atomic E-state index is -0.894. The number of carbonyl (C=O) groups is 2. The van der Waals surface area contributed by atoms with Crippen LogP contribution in [0, 0.1) is 11.8 Å². The molecule has 1 saturated carbocycles. The van der Waals surface area contributed by atoms with Gasteiger partial charge in [0, 0.05) is 12.4 Å². The number of rotatable bonds is 3. The van der Waals surface area contributed by atoms with Crippen molar-refractivity contribution < 1.29 is 19.4 Å². The van der Waals surface area contributed by atoms with Crippen molar-refractivity contribution in [3.05, 3.63) is 0 Å². The Kier molecular flexibility index (Phi) is 3.47. The standard InChI is InChI=1S/C13H19NO4S/c1-7-4-5-18-10(7)11(15)14-9(13(16)17)6-19-12(14)8-2-3-8/h7-10,12H,2-6H2,1H3,(H,16,17). The first-order valence-electron chi connectivity index (χ1n) is 6.87.